The Morgan fingerprint density at radius 3 is 1.50 bits per heavy atom. The first-order chi connectivity index (χ1) is 10.4. The average molecular weight is 294 g/mol. The second kappa shape index (κ2) is 4.98. The molecule has 2 amide bonds. The summed E-state index contributed by atoms with van der Waals surface area (Å²) in [6.07, 6.45) is 0. The molecule has 2 aromatic rings. The molecule has 0 spiro atoms. The van der Waals surface area contributed by atoms with E-state index in [0.29, 0.717) is 11.1 Å². The van der Waals surface area contributed by atoms with Gasteiger partial charge in [-0.05, 0) is 29.3 Å². The predicted octanol–water partition coefficient (Wildman–Crippen LogP) is 2.74. The summed E-state index contributed by atoms with van der Waals surface area (Å²) in [7, 11) is 6.94. The van der Waals surface area contributed by atoms with Gasteiger partial charge in [0.1, 0.15) is 0 Å². The van der Waals surface area contributed by atoms with Crippen LogP contribution in [0.25, 0.3) is 22.3 Å². The van der Waals surface area contributed by atoms with Gasteiger partial charge in [-0.15, -0.1) is 0 Å². The number of nitrogens with zero attached hydrogens (tertiary/aromatic N) is 2. The first-order valence-corrected chi connectivity index (χ1v) is 7.13. The predicted molar refractivity (Wildman–Crippen MR) is 86.9 cm³/mol. The summed E-state index contributed by atoms with van der Waals surface area (Å²) in [5, 5.41) is 0. The molecular weight excluding hydrogens is 276 g/mol. The zero-order valence-electron chi connectivity index (χ0n) is 13.2. The Bertz CT molecular complexity index is 729. The third-order valence-corrected chi connectivity index (χ3v) is 3.92. The largest absolute Gasteiger partial charge is 0.345 e. The van der Waals surface area contributed by atoms with E-state index in [4.69, 9.17) is 0 Å². The van der Waals surface area contributed by atoms with E-state index in [9.17, 15) is 9.59 Å². The van der Waals surface area contributed by atoms with Crippen LogP contribution < -0.4 is 0 Å². The van der Waals surface area contributed by atoms with Crippen LogP contribution in [-0.4, -0.2) is 49.8 Å². The quantitative estimate of drug-likeness (QED) is 0.729. The van der Waals surface area contributed by atoms with Crippen molar-refractivity contribution in [3.05, 3.63) is 47.5 Å². The fraction of sp³-hybridized carbons (Fsp3) is 0.222. The van der Waals surface area contributed by atoms with E-state index < -0.39 is 0 Å². The highest BCUT2D eigenvalue weighted by Crippen LogP contribution is 2.44. The van der Waals surface area contributed by atoms with Gasteiger partial charge in [-0.1, -0.05) is 18.2 Å². The fourth-order valence-corrected chi connectivity index (χ4v) is 2.87. The Morgan fingerprint density at radius 1 is 0.727 bits per heavy atom. The van der Waals surface area contributed by atoms with Crippen LogP contribution in [0.3, 0.4) is 0 Å². The van der Waals surface area contributed by atoms with Gasteiger partial charge in [-0.25, -0.2) is 0 Å². The summed E-state index contributed by atoms with van der Waals surface area (Å²) in [5.74, 6) is -0.106. The summed E-state index contributed by atoms with van der Waals surface area (Å²) in [5.41, 5.74) is 4.99. The van der Waals surface area contributed by atoms with Crippen molar-refractivity contribution in [2.24, 2.45) is 0 Å². The molecule has 1 aliphatic rings. The van der Waals surface area contributed by atoms with Crippen molar-refractivity contribution in [3.8, 4) is 22.3 Å². The van der Waals surface area contributed by atoms with Crippen LogP contribution >= 0.6 is 0 Å². The van der Waals surface area contributed by atoms with E-state index in [0.717, 1.165) is 22.3 Å². The molecule has 0 aromatic heterocycles. The molecular formula is C18H18N2O2. The van der Waals surface area contributed by atoms with E-state index in [1.807, 2.05) is 24.3 Å². The number of hydrogen-bond acceptors (Lipinski definition) is 2. The first kappa shape index (κ1) is 14.3. The SMILES string of the molecule is CN(C)C(=O)c1ccc(C(=O)N(C)C)c2c1-c1cccc-2c1. The summed E-state index contributed by atoms with van der Waals surface area (Å²) < 4.78 is 0. The molecule has 0 saturated heterocycles. The minimum absolute atomic E-state index is 0.0532. The smallest absolute Gasteiger partial charge is 0.253 e. The topological polar surface area (TPSA) is 40.6 Å². The number of hydrogen-bond donors (Lipinski definition) is 0. The van der Waals surface area contributed by atoms with Crippen molar-refractivity contribution in [3.63, 3.8) is 0 Å². The van der Waals surface area contributed by atoms with Crippen molar-refractivity contribution in [2.75, 3.05) is 28.2 Å². The van der Waals surface area contributed by atoms with E-state index in [1.54, 1.807) is 50.1 Å². The molecule has 0 atom stereocenters. The fourth-order valence-electron chi connectivity index (χ4n) is 2.87. The van der Waals surface area contributed by atoms with Crippen LogP contribution in [0.5, 0.6) is 0 Å². The number of amides is 2. The molecule has 0 heterocycles. The Hall–Kier alpha value is -2.62. The van der Waals surface area contributed by atoms with Crippen LogP contribution in [0.1, 0.15) is 20.7 Å². The summed E-state index contributed by atoms with van der Waals surface area (Å²) in [6, 6.07) is 11.5. The van der Waals surface area contributed by atoms with Gasteiger partial charge in [-0.2, -0.15) is 0 Å². The van der Waals surface area contributed by atoms with E-state index in [-0.39, 0.29) is 11.8 Å². The number of carbonyl (C=O) groups excluding carboxylic acids is 2. The molecule has 0 aliphatic heterocycles. The molecule has 0 radical (unpaired) electrons. The van der Waals surface area contributed by atoms with Gasteiger partial charge < -0.3 is 9.80 Å². The monoisotopic (exact) mass is 294 g/mol. The summed E-state index contributed by atoms with van der Waals surface area (Å²) in [6.45, 7) is 0. The zero-order valence-corrected chi connectivity index (χ0v) is 13.2. The van der Waals surface area contributed by atoms with Gasteiger partial charge in [0.2, 0.25) is 0 Å². The second-order valence-corrected chi connectivity index (χ2v) is 5.89. The van der Waals surface area contributed by atoms with Crippen LogP contribution in [0, 0.1) is 0 Å². The third-order valence-electron chi connectivity index (χ3n) is 3.92. The maximum atomic E-state index is 12.5. The Morgan fingerprint density at radius 2 is 1.14 bits per heavy atom. The van der Waals surface area contributed by atoms with Crippen molar-refractivity contribution in [2.45, 2.75) is 0 Å². The minimum Gasteiger partial charge on any atom is -0.345 e. The molecule has 0 fully saturated rings. The standard InChI is InChI=1S/C18H18N2O2/c1-19(2)17(21)13-8-9-14(18(22)20(3)4)16-12-7-5-6-11(10-12)15(13)16/h5-10H,1-4H3. The van der Waals surface area contributed by atoms with Crippen molar-refractivity contribution in [1.82, 2.24) is 9.80 Å². The normalized spacial score (nSPS) is 11.1. The lowest BCUT2D eigenvalue weighted by Gasteiger charge is -2.18. The molecule has 4 nitrogen and oxygen atoms in total. The van der Waals surface area contributed by atoms with Gasteiger partial charge in [-0.3, -0.25) is 9.59 Å². The lowest BCUT2D eigenvalue weighted by atomic mass is 9.93. The lowest BCUT2D eigenvalue weighted by Crippen LogP contribution is -2.24. The number of rotatable bonds is 2. The second-order valence-electron chi connectivity index (χ2n) is 5.89. The minimum atomic E-state index is -0.0532. The van der Waals surface area contributed by atoms with Crippen molar-refractivity contribution < 1.29 is 9.59 Å². The highest BCUT2D eigenvalue weighted by molar-refractivity contribution is 6.13. The summed E-state index contributed by atoms with van der Waals surface area (Å²) >= 11 is 0. The van der Waals surface area contributed by atoms with Gasteiger partial charge in [0.25, 0.3) is 11.8 Å². The van der Waals surface area contributed by atoms with Crippen LogP contribution in [0.2, 0.25) is 0 Å². The Kier molecular flexibility index (Phi) is 3.24. The molecule has 112 valence electrons. The maximum Gasteiger partial charge on any atom is 0.253 e. The van der Waals surface area contributed by atoms with Crippen LogP contribution in [0.15, 0.2) is 36.4 Å². The number of benzene rings is 2. The number of fused-ring (bicyclic) bond motifs is 5. The van der Waals surface area contributed by atoms with E-state index in [2.05, 4.69) is 0 Å². The molecule has 1 aliphatic carbocycles. The molecule has 22 heavy (non-hydrogen) atoms. The third kappa shape index (κ3) is 1.99. The molecule has 0 N–H and O–H groups in total. The van der Waals surface area contributed by atoms with Gasteiger partial charge in [0.15, 0.2) is 0 Å². The maximum absolute atomic E-state index is 12.5. The number of carbonyl (C=O) groups is 2. The van der Waals surface area contributed by atoms with E-state index in [1.165, 1.54) is 0 Å². The van der Waals surface area contributed by atoms with Crippen molar-refractivity contribution >= 4 is 11.8 Å². The van der Waals surface area contributed by atoms with E-state index >= 15 is 0 Å². The van der Waals surface area contributed by atoms with Crippen molar-refractivity contribution in [1.29, 1.82) is 0 Å². The zero-order chi connectivity index (χ0) is 16.0. The summed E-state index contributed by atoms with van der Waals surface area (Å²) in [4.78, 5) is 28.1. The van der Waals surface area contributed by atoms with Crippen LogP contribution in [0.4, 0.5) is 0 Å². The van der Waals surface area contributed by atoms with Crippen LogP contribution in [-0.2, 0) is 0 Å². The molecule has 2 bridgehead atoms. The Balaban J connectivity index is 2.30. The molecule has 0 unspecified atom stereocenters. The Labute approximate surface area is 130 Å². The van der Waals surface area contributed by atoms with Gasteiger partial charge >= 0.3 is 0 Å². The molecule has 2 aromatic carbocycles. The first-order valence-electron chi connectivity index (χ1n) is 7.13. The highest BCUT2D eigenvalue weighted by atomic mass is 16.2. The molecule has 3 rings (SSSR count). The molecule has 0 saturated carbocycles. The molecule has 4 heteroatoms. The highest BCUT2D eigenvalue weighted by Gasteiger charge is 2.28. The van der Waals surface area contributed by atoms with Gasteiger partial charge in [0.05, 0.1) is 0 Å². The average Bonchev–Trinajstić information content (AvgIpc) is 2.76. The lowest BCUT2D eigenvalue weighted by molar-refractivity contribution is 0.0817. The van der Waals surface area contributed by atoms with Gasteiger partial charge in [0, 0.05) is 50.4 Å².